The summed E-state index contributed by atoms with van der Waals surface area (Å²) in [5.41, 5.74) is 0.613. The lowest BCUT2D eigenvalue weighted by Crippen LogP contribution is -2.00. The number of alkyl halides is 1. The Morgan fingerprint density at radius 1 is 0.800 bits per heavy atom. The van der Waals surface area contributed by atoms with E-state index in [1.807, 2.05) is 0 Å². The van der Waals surface area contributed by atoms with E-state index in [4.69, 9.17) is 0 Å². The Kier molecular flexibility index (Phi) is 4.42. The van der Waals surface area contributed by atoms with E-state index in [0.29, 0.717) is 5.56 Å². The van der Waals surface area contributed by atoms with Crippen LogP contribution in [0.1, 0.15) is 16.0 Å². The van der Waals surface area contributed by atoms with Gasteiger partial charge in [0.2, 0.25) is 0 Å². The van der Waals surface area contributed by atoms with Crippen molar-refractivity contribution in [2.24, 2.45) is 0 Å². The summed E-state index contributed by atoms with van der Waals surface area (Å²) < 4.78 is 64.9. The minimum absolute atomic E-state index is 0.168. The number of hydrogen-bond donors (Lipinski definition) is 0. The summed E-state index contributed by atoms with van der Waals surface area (Å²) in [7, 11) is 0. The second kappa shape index (κ2) is 5.91. The van der Waals surface area contributed by atoms with Gasteiger partial charge in [0, 0.05) is 4.83 Å². The number of hydrogen-bond acceptors (Lipinski definition) is 0. The van der Waals surface area contributed by atoms with Gasteiger partial charge in [0.25, 0.3) is 0 Å². The molecule has 2 aromatic carbocycles. The maximum Gasteiger partial charge on any atom is 0.194 e. The molecule has 1 atom stereocenters. The molecule has 0 aliphatic heterocycles. The molecule has 0 aromatic heterocycles. The standard InChI is InChI=1S/C14H8BrF5/c15-9(3-7-1-2-10(16)11(17)4-7)8-5-12(18)14(20)13(19)6-8/h1-2,4-6,9H,3H2. The molecule has 0 N–H and O–H groups in total. The first-order valence-electron chi connectivity index (χ1n) is 5.61. The summed E-state index contributed by atoms with van der Waals surface area (Å²) in [6.07, 6.45) is 0.168. The van der Waals surface area contributed by atoms with Crippen LogP contribution in [0.5, 0.6) is 0 Å². The fourth-order valence-corrected chi connectivity index (χ4v) is 2.39. The van der Waals surface area contributed by atoms with Gasteiger partial charge in [-0.05, 0) is 41.8 Å². The van der Waals surface area contributed by atoms with Crippen LogP contribution >= 0.6 is 15.9 Å². The third-order valence-corrected chi connectivity index (χ3v) is 3.62. The second-order valence-corrected chi connectivity index (χ2v) is 5.32. The van der Waals surface area contributed by atoms with Crippen molar-refractivity contribution in [3.63, 3.8) is 0 Å². The van der Waals surface area contributed by atoms with E-state index in [9.17, 15) is 22.0 Å². The highest BCUT2D eigenvalue weighted by molar-refractivity contribution is 9.09. The maximum absolute atomic E-state index is 13.1. The fraction of sp³-hybridized carbons (Fsp3) is 0.143. The molecule has 0 aliphatic carbocycles. The summed E-state index contributed by atoms with van der Waals surface area (Å²) in [6.45, 7) is 0. The van der Waals surface area contributed by atoms with Crippen LogP contribution < -0.4 is 0 Å². The zero-order valence-electron chi connectivity index (χ0n) is 9.94. The third-order valence-electron chi connectivity index (χ3n) is 2.77. The van der Waals surface area contributed by atoms with Gasteiger partial charge in [0.1, 0.15) is 0 Å². The molecule has 0 bridgehead atoms. The van der Waals surface area contributed by atoms with Crippen molar-refractivity contribution >= 4 is 15.9 Å². The van der Waals surface area contributed by atoms with Gasteiger partial charge >= 0.3 is 0 Å². The van der Waals surface area contributed by atoms with E-state index < -0.39 is 33.9 Å². The van der Waals surface area contributed by atoms with E-state index in [0.717, 1.165) is 24.3 Å². The average Bonchev–Trinajstić information content (AvgIpc) is 2.39. The molecule has 0 fully saturated rings. The number of rotatable bonds is 3. The quantitative estimate of drug-likeness (QED) is 0.412. The van der Waals surface area contributed by atoms with Crippen LogP contribution in [0.2, 0.25) is 0 Å². The highest BCUT2D eigenvalue weighted by Crippen LogP contribution is 2.29. The van der Waals surface area contributed by atoms with Gasteiger partial charge in [-0.25, -0.2) is 22.0 Å². The average molecular weight is 351 g/mol. The van der Waals surface area contributed by atoms with Gasteiger partial charge in [-0.15, -0.1) is 0 Å². The van der Waals surface area contributed by atoms with Crippen molar-refractivity contribution < 1.29 is 22.0 Å². The molecule has 0 spiro atoms. The van der Waals surface area contributed by atoms with E-state index in [2.05, 4.69) is 15.9 Å². The summed E-state index contributed by atoms with van der Waals surface area (Å²) in [6, 6.07) is 5.05. The Morgan fingerprint density at radius 2 is 1.40 bits per heavy atom. The molecule has 20 heavy (non-hydrogen) atoms. The topological polar surface area (TPSA) is 0 Å². The van der Waals surface area contributed by atoms with Crippen molar-refractivity contribution in [1.82, 2.24) is 0 Å². The van der Waals surface area contributed by atoms with Gasteiger partial charge in [-0.3, -0.25) is 0 Å². The predicted octanol–water partition coefficient (Wildman–Crippen LogP) is 5.06. The van der Waals surface area contributed by atoms with Gasteiger partial charge < -0.3 is 0 Å². The largest absolute Gasteiger partial charge is 0.204 e. The maximum atomic E-state index is 13.1. The summed E-state index contributed by atoms with van der Waals surface area (Å²) in [5.74, 6) is -6.11. The Bertz CT molecular complexity index is 618. The minimum atomic E-state index is -1.54. The van der Waals surface area contributed by atoms with E-state index in [1.165, 1.54) is 6.07 Å². The Morgan fingerprint density at radius 3 is 1.95 bits per heavy atom. The van der Waals surface area contributed by atoms with Crippen LogP contribution in [-0.4, -0.2) is 0 Å². The smallest absolute Gasteiger partial charge is 0.194 e. The third kappa shape index (κ3) is 3.17. The lowest BCUT2D eigenvalue weighted by molar-refractivity contribution is 0.445. The van der Waals surface area contributed by atoms with Crippen LogP contribution in [0.3, 0.4) is 0 Å². The van der Waals surface area contributed by atoms with Gasteiger partial charge in [-0.2, -0.15) is 0 Å². The van der Waals surface area contributed by atoms with E-state index in [1.54, 1.807) is 0 Å². The van der Waals surface area contributed by atoms with Crippen LogP contribution in [0.25, 0.3) is 0 Å². The monoisotopic (exact) mass is 350 g/mol. The molecule has 0 aliphatic rings. The molecule has 1 unspecified atom stereocenters. The lowest BCUT2D eigenvalue weighted by Gasteiger charge is -2.11. The van der Waals surface area contributed by atoms with E-state index in [-0.39, 0.29) is 12.0 Å². The van der Waals surface area contributed by atoms with Crippen molar-refractivity contribution in [3.8, 4) is 0 Å². The van der Waals surface area contributed by atoms with E-state index >= 15 is 0 Å². The highest BCUT2D eigenvalue weighted by atomic mass is 79.9. The summed E-state index contributed by atoms with van der Waals surface area (Å²) in [4.78, 5) is -0.558. The molecule has 0 saturated carbocycles. The van der Waals surface area contributed by atoms with Crippen LogP contribution in [0, 0.1) is 29.1 Å². The minimum Gasteiger partial charge on any atom is -0.204 e. The SMILES string of the molecule is Fc1ccc(CC(Br)c2cc(F)c(F)c(F)c2)cc1F. The number of halogens is 6. The molecular formula is C14H8BrF5. The normalized spacial score (nSPS) is 12.5. The molecule has 0 heterocycles. The molecule has 0 nitrogen and oxygen atoms in total. The molecule has 0 saturated heterocycles. The molecule has 2 rings (SSSR count). The van der Waals surface area contributed by atoms with Crippen LogP contribution in [0.4, 0.5) is 22.0 Å². The van der Waals surface area contributed by atoms with Gasteiger partial charge in [0.15, 0.2) is 29.1 Å². The van der Waals surface area contributed by atoms with Gasteiger partial charge in [0.05, 0.1) is 0 Å². The summed E-state index contributed by atoms with van der Waals surface area (Å²) in [5, 5.41) is 0. The Hall–Kier alpha value is -1.43. The van der Waals surface area contributed by atoms with Crippen molar-refractivity contribution in [2.75, 3.05) is 0 Å². The first kappa shape index (κ1) is 15.0. The molecule has 2 aromatic rings. The molecule has 0 amide bonds. The lowest BCUT2D eigenvalue weighted by atomic mass is 10.0. The van der Waals surface area contributed by atoms with Crippen molar-refractivity contribution in [3.05, 3.63) is 70.5 Å². The summed E-state index contributed by atoms with van der Waals surface area (Å²) >= 11 is 3.19. The van der Waals surface area contributed by atoms with Crippen LogP contribution in [0.15, 0.2) is 30.3 Å². The first-order valence-corrected chi connectivity index (χ1v) is 6.52. The Labute approximate surface area is 120 Å². The van der Waals surface area contributed by atoms with Gasteiger partial charge in [-0.1, -0.05) is 22.0 Å². The molecular weight excluding hydrogens is 343 g/mol. The zero-order chi connectivity index (χ0) is 14.9. The molecule has 0 radical (unpaired) electrons. The van der Waals surface area contributed by atoms with Crippen LogP contribution in [-0.2, 0) is 6.42 Å². The molecule has 6 heteroatoms. The Balaban J connectivity index is 2.23. The molecule has 106 valence electrons. The highest BCUT2D eigenvalue weighted by Gasteiger charge is 2.16. The van der Waals surface area contributed by atoms with Crippen molar-refractivity contribution in [1.29, 1.82) is 0 Å². The zero-order valence-corrected chi connectivity index (χ0v) is 11.5. The first-order chi connectivity index (χ1) is 9.38. The van der Waals surface area contributed by atoms with Crippen molar-refractivity contribution in [2.45, 2.75) is 11.2 Å². The second-order valence-electron chi connectivity index (χ2n) is 4.22. The number of benzene rings is 2. The fourth-order valence-electron chi connectivity index (χ4n) is 1.75. The predicted molar refractivity (Wildman–Crippen MR) is 68.0 cm³/mol.